The molecule has 0 heterocycles. The molecule has 0 saturated heterocycles. The van der Waals surface area contributed by atoms with Crippen molar-refractivity contribution in [1.29, 1.82) is 0 Å². The molecule has 2 aromatic rings. The van der Waals surface area contributed by atoms with Crippen molar-refractivity contribution in [3.05, 3.63) is 59.2 Å². The van der Waals surface area contributed by atoms with E-state index in [9.17, 15) is 9.59 Å². The van der Waals surface area contributed by atoms with Gasteiger partial charge in [0.25, 0.3) is 5.91 Å². The molecular formula is C20H22N2O2. The summed E-state index contributed by atoms with van der Waals surface area (Å²) in [6, 6.07) is 14.2. The van der Waals surface area contributed by atoms with Crippen LogP contribution < -0.4 is 5.32 Å². The van der Waals surface area contributed by atoms with Crippen LogP contribution in [0.4, 0.5) is 0 Å². The SMILES string of the molecule is CCCN(CC(=O)NC)C(=O)c1ccc2c(c1)Cc1ccccc1-2. The summed E-state index contributed by atoms with van der Waals surface area (Å²) in [5.74, 6) is -0.232. The molecule has 24 heavy (non-hydrogen) atoms. The van der Waals surface area contributed by atoms with Gasteiger partial charge in [-0.25, -0.2) is 0 Å². The van der Waals surface area contributed by atoms with Gasteiger partial charge in [0.15, 0.2) is 0 Å². The summed E-state index contributed by atoms with van der Waals surface area (Å²) in [6.07, 6.45) is 1.68. The lowest BCUT2D eigenvalue weighted by Crippen LogP contribution is -2.40. The topological polar surface area (TPSA) is 49.4 Å². The van der Waals surface area contributed by atoms with Gasteiger partial charge in [0.1, 0.15) is 0 Å². The molecule has 0 saturated carbocycles. The van der Waals surface area contributed by atoms with Crippen LogP contribution in [0.2, 0.25) is 0 Å². The number of likely N-dealkylation sites (N-methyl/N-ethyl adjacent to an activating group) is 1. The lowest BCUT2D eigenvalue weighted by Gasteiger charge is -2.21. The average Bonchev–Trinajstić information content (AvgIpc) is 2.98. The van der Waals surface area contributed by atoms with Crippen LogP contribution in [0.5, 0.6) is 0 Å². The molecule has 4 nitrogen and oxygen atoms in total. The van der Waals surface area contributed by atoms with Crippen molar-refractivity contribution in [2.75, 3.05) is 20.1 Å². The number of carbonyl (C=O) groups excluding carboxylic acids is 2. The van der Waals surface area contributed by atoms with Crippen molar-refractivity contribution in [3.63, 3.8) is 0 Å². The summed E-state index contributed by atoms with van der Waals surface area (Å²) in [6.45, 7) is 2.67. The highest BCUT2D eigenvalue weighted by atomic mass is 16.2. The average molecular weight is 322 g/mol. The maximum absolute atomic E-state index is 12.8. The van der Waals surface area contributed by atoms with Crippen LogP contribution in [0, 0.1) is 0 Å². The fourth-order valence-corrected chi connectivity index (χ4v) is 3.24. The fourth-order valence-electron chi connectivity index (χ4n) is 3.24. The molecule has 0 aromatic heterocycles. The molecule has 124 valence electrons. The van der Waals surface area contributed by atoms with Gasteiger partial charge in [0, 0.05) is 19.2 Å². The first-order chi connectivity index (χ1) is 11.6. The lowest BCUT2D eigenvalue weighted by molar-refractivity contribution is -0.121. The van der Waals surface area contributed by atoms with Gasteiger partial charge in [-0.05, 0) is 47.2 Å². The Kier molecular flexibility index (Phi) is 4.65. The van der Waals surface area contributed by atoms with Gasteiger partial charge < -0.3 is 10.2 Å². The van der Waals surface area contributed by atoms with Crippen molar-refractivity contribution in [2.45, 2.75) is 19.8 Å². The number of hydrogen-bond acceptors (Lipinski definition) is 2. The van der Waals surface area contributed by atoms with Gasteiger partial charge in [0.05, 0.1) is 6.54 Å². The summed E-state index contributed by atoms with van der Waals surface area (Å²) in [5.41, 5.74) is 5.59. The molecule has 1 aliphatic carbocycles. The Morgan fingerprint density at radius 1 is 1.08 bits per heavy atom. The molecule has 0 radical (unpaired) electrons. The third-order valence-electron chi connectivity index (χ3n) is 4.43. The molecule has 0 bridgehead atoms. The number of fused-ring (bicyclic) bond motifs is 3. The van der Waals surface area contributed by atoms with Crippen molar-refractivity contribution in [1.82, 2.24) is 10.2 Å². The maximum atomic E-state index is 12.8. The van der Waals surface area contributed by atoms with E-state index in [1.54, 1.807) is 11.9 Å². The van der Waals surface area contributed by atoms with E-state index >= 15 is 0 Å². The first-order valence-electron chi connectivity index (χ1n) is 8.35. The second kappa shape index (κ2) is 6.87. The number of nitrogens with zero attached hydrogens (tertiary/aromatic N) is 1. The van der Waals surface area contributed by atoms with E-state index in [1.807, 2.05) is 37.3 Å². The van der Waals surface area contributed by atoms with E-state index in [0.717, 1.165) is 12.8 Å². The number of carbonyl (C=O) groups is 2. The first-order valence-corrected chi connectivity index (χ1v) is 8.35. The molecule has 1 N–H and O–H groups in total. The second-order valence-corrected chi connectivity index (χ2v) is 6.11. The highest BCUT2D eigenvalue weighted by Gasteiger charge is 2.22. The highest BCUT2D eigenvalue weighted by Crippen LogP contribution is 2.36. The number of nitrogens with one attached hydrogen (secondary N) is 1. The van der Waals surface area contributed by atoms with Gasteiger partial charge in [-0.15, -0.1) is 0 Å². The first kappa shape index (κ1) is 16.2. The predicted octanol–water partition coefficient (Wildman–Crippen LogP) is 2.86. The predicted molar refractivity (Wildman–Crippen MR) is 94.9 cm³/mol. The van der Waals surface area contributed by atoms with Crippen LogP contribution in [0.1, 0.15) is 34.8 Å². The van der Waals surface area contributed by atoms with Gasteiger partial charge in [-0.2, -0.15) is 0 Å². The van der Waals surface area contributed by atoms with Crippen LogP contribution in [-0.4, -0.2) is 36.9 Å². The molecule has 0 aliphatic heterocycles. The van der Waals surface area contributed by atoms with E-state index in [0.29, 0.717) is 12.1 Å². The van der Waals surface area contributed by atoms with Crippen LogP contribution >= 0.6 is 0 Å². The van der Waals surface area contributed by atoms with E-state index < -0.39 is 0 Å². The highest BCUT2D eigenvalue weighted by molar-refractivity contribution is 5.97. The monoisotopic (exact) mass is 322 g/mol. The zero-order chi connectivity index (χ0) is 17.1. The minimum absolute atomic E-state index is 0.0841. The molecule has 0 fully saturated rings. The normalized spacial score (nSPS) is 11.6. The van der Waals surface area contributed by atoms with Gasteiger partial charge >= 0.3 is 0 Å². The minimum Gasteiger partial charge on any atom is -0.358 e. The van der Waals surface area contributed by atoms with Crippen LogP contribution in [0.15, 0.2) is 42.5 Å². The summed E-state index contributed by atoms with van der Waals surface area (Å²) < 4.78 is 0. The van der Waals surface area contributed by atoms with E-state index in [-0.39, 0.29) is 18.4 Å². The number of rotatable bonds is 5. The molecule has 0 unspecified atom stereocenters. The summed E-state index contributed by atoms with van der Waals surface area (Å²) in [7, 11) is 1.59. The van der Waals surface area contributed by atoms with Crippen molar-refractivity contribution >= 4 is 11.8 Å². The fraction of sp³-hybridized carbons (Fsp3) is 0.300. The lowest BCUT2D eigenvalue weighted by atomic mass is 10.0. The quantitative estimate of drug-likeness (QED) is 0.785. The molecule has 3 rings (SSSR count). The molecule has 2 amide bonds. The Labute approximate surface area is 142 Å². The summed E-state index contributed by atoms with van der Waals surface area (Å²) in [5, 5.41) is 2.58. The zero-order valence-corrected chi connectivity index (χ0v) is 14.1. The van der Waals surface area contributed by atoms with Gasteiger partial charge in [-0.3, -0.25) is 9.59 Å². The van der Waals surface area contributed by atoms with Crippen molar-refractivity contribution in [2.24, 2.45) is 0 Å². The summed E-state index contributed by atoms with van der Waals surface area (Å²) >= 11 is 0. The summed E-state index contributed by atoms with van der Waals surface area (Å²) in [4.78, 5) is 26.1. The van der Waals surface area contributed by atoms with Crippen LogP contribution in [0.3, 0.4) is 0 Å². The Balaban J connectivity index is 1.86. The van der Waals surface area contributed by atoms with E-state index in [4.69, 9.17) is 0 Å². The van der Waals surface area contributed by atoms with Crippen LogP contribution in [-0.2, 0) is 11.2 Å². The van der Waals surface area contributed by atoms with E-state index in [2.05, 4.69) is 17.4 Å². The van der Waals surface area contributed by atoms with Crippen LogP contribution in [0.25, 0.3) is 11.1 Å². The Hall–Kier alpha value is -2.62. The third kappa shape index (κ3) is 3.04. The molecule has 2 aromatic carbocycles. The number of amides is 2. The smallest absolute Gasteiger partial charge is 0.254 e. The Morgan fingerprint density at radius 2 is 1.83 bits per heavy atom. The maximum Gasteiger partial charge on any atom is 0.254 e. The Morgan fingerprint density at radius 3 is 2.58 bits per heavy atom. The molecule has 0 atom stereocenters. The molecule has 4 heteroatoms. The zero-order valence-electron chi connectivity index (χ0n) is 14.1. The van der Waals surface area contributed by atoms with E-state index in [1.165, 1.54) is 22.3 Å². The Bertz CT molecular complexity index is 783. The molecule has 0 spiro atoms. The van der Waals surface area contributed by atoms with Gasteiger partial charge in [-0.1, -0.05) is 37.3 Å². The van der Waals surface area contributed by atoms with Gasteiger partial charge in [0.2, 0.25) is 5.91 Å². The second-order valence-electron chi connectivity index (χ2n) is 6.11. The minimum atomic E-state index is -0.148. The third-order valence-corrected chi connectivity index (χ3v) is 4.43. The standard InChI is InChI=1S/C20H22N2O2/c1-3-10-22(13-19(23)21-2)20(24)15-8-9-18-16(12-15)11-14-6-4-5-7-17(14)18/h4-9,12H,3,10-11,13H2,1-2H3,(H,21,23). The van der Waals surface area contributed by atoms with Crippen molar-refractivity contribution < 1.29 is 9.59 Å². The molecular weight excluding hydrogens is 300 g/mol. The largest absolute Gasteiger partial charge is 0.358 e. The number of benzene rings is 2. The van der Waals surface area contributed by atoms with Crippen molar-refractivity contribution in [3.8, 4) is 11.1 Å². The molecule has 1 aliphatic rings. The number of hydrogen-bond donors (Lipinski definition) is 1.